The molecule has 13 nitrogen and oxygen atoms in total. The molecule has 1 aliphatic rings. The number of rotatable bonds is 19. The van der Waals surface area contributed by atoms with Crippen molar-refractivity contribution < 1.29 is 43.0 Å². The molecule has 1 saturated heterocycles. The third kappa shape index (κ3) is 19.7. The van der Waals surface area contributed by atoms with Gasteiger partial charge in [0.05, 0.1) is 19.3 Å². The smallest absolute Gasteiger partial charge is 0.481 e. The second-order valence-electron chi connectivity index (χ2n) is 11.3. The van der Waals surface area contributed by atoms with Crippen LogP contribution in [0.3, 0.4) is 0 Å². The third-order valence-corrected chi connectivity index (χ3v) is 10.9. The van der Waals surface area contributed by atoms with Crippen LogP contribution in [0.5, 0.6) is 0 Å². The van der Waals surface area contributed by atoms with Crippen molar-refractivity contribution >= 4 is 26.7 Å². The van der Waals surface area contributed by atoms with E-state index in [1.165, 1.54) is 0 Å². The van der Waals surface area contributed by atoms with Crippen LogP contribution in [-0.2, 0) is 27.7 Å². The molecule has 258 valence electrons. The number of hydrogen-bond donors (Lipinski definition) is 3. The van der Waals surface area contributed by atoms with Gasteiger partial charge in [-0.05, 0) is 112 Å². The van der Waals surface area contributed by atoms with Crippen LogP contribution in [0, 0.1) is 0 Å². The Bertz CT molecular complexity index is 741. The molecule has 0 atom stereocenters. The lowest BCUT2D eigenvalue weighted by Gasteiger charge is -2.31. The summed E-state index contributed by atoms with van der Waals surface area (Å²) in [4.78, 5) is 42.9. The topological polar surface area (TPSA) is 153 Å². The highest BCUT2D eigenvalue weighted by Gasteiger charge is 2.39. The second-order valence-corrected chi connectivity index (χ2v) is 14.0. The fraction of sp³-hybridized carbons (Fsp3) is 0.900. The quantitative estimate of drug-likeness (QED) is 0.176. The van der Waals surface area contributed by atoms with Crippen LogP contribution in [0.1, 0.15) is 72.1 Å². The Labute approximate surface area is 265 Å². The SMILES string of the molecule is CCO[Si](CCCN1CCCN(CCC(=O)O)CCCN(CCC(=O)O)CCCN(CCC(=O)O)CCC1)(OCC)OCC. The van der Waals surface area contributed by atoms with Gasteiger partial charge in [0.25, 0.3) is 0 Å². The Morgan fingerprint density at radius 3 is 1.05 bits per heavy atom. The summed E-state index contributed by atoms with van der Waals surface area (Å²) in [5.74, 6) is -2.44. The highest BCUT2D eigenvalue weighted by molar-refractivity contribution is 6.60. The molecule has 0 aromatic rings. The van der Waals surface area contributed by atoms with E-state index in [1.807, 2.05) is 20.8 Å². The maximum atomic E-state index is 11.3. The minimum atomic E-state index is -2.73. The maximum Gasteiger partial charge on any atom is 0.500 e. The standard InChI is InChI=1S/C30H60N4O9Si/c1-4-41-44(42-5-2,43-6-3)27-11-23-31-15-7-17-32(24-12-28(35)36)19-9-21-34(26-14-30(39)40)22-10-20-33(18-8-16-31)25-13-29(37)38/h4-27H2,1-3H3,(H,35,36)(H,37,38)(H,39,40). The van der Waals surface area contributed by atoms with Crippen molar-refractivity contribution in [2.24, 2.45) is 0 Å². The lowest BCUT2D eigenvalue weighted by Crippen LogP contribution is -2.46. The molecule has 0 amide bonds. The van der Waals surface area contributed by atoms with E-state index in [0.717, 1.165) is 97.1 Å². The lowest BCUT2D eigenvalue weighted by atomic mass is 10.2. The van der Waals surface area contributed by atoms with Crippen LogP contribution in [0.2, 0.25) is 6.04 Å². The fourth-order valence-electron chi connectivity index (χ4n) is 5.70. The van der Waals surface area contributed by atoms with E-state index in [2.05, 4.69) is 19.6 Å². The van der Waals surface area contributed by atoms with Crippen LogP contribution in [0.4, 0.5) is 0 Å². The van der Waals surface area contributed by atoms with Crippen LogP contribution in [-0.4, -0.2) is 160 Å². The van der Waals surface area contributed by atoms with Crippen molar-refractivity contribution in [1.29, 1.82) is 0 Å². The average Bonchev–Trinajstić information content (AvgIpc) is 2.95. The molecule has 0 saturated carbocycles. The van der Waals surface area contributed by atoms with Crippen LogP contribution in [0.25, 0.3) is 0 Å². The summed E-state index contributed by atoms with van der Waals surface area (Å²) in [6, 6.07) is 0.743. The minimum absolute atomic E-state index is 0.0740. The van der Waals surface area contributed by atoms with E-state index < -0.39 is 26.7 Å². The number of carboxylic acid groups (broad SMARTS) is 3. The Balaban J connectivity index is 2.98. The summed E-state index contributed by atoms with van der Waals surface area (Å²) in [7, 11) is -2.73. The van der Waals surface area contributed by atoms with Gasteiger partial charge in [0.15, 0.2) is 0 Å². The van der Waals surface area contributed by atoms with Gasteiger partial charge in [0.2, 0.25) is 0 Å². The van der Waals surface area contributed by atoms with Gasteiger partial charge in [-0.25, -0.2) is 0 Å². The largest absolute Gasteiger partial charge is 0.500 e. The molecule has 0 aromatic heterocycles. The van der Waals surface area contributed by atoms with Crippen LogP contribution >= 0.6 is 0 Å². The zero-order valence-electron chi connectivity index (χ0n) is 27.6. The summed E-state index contributed by atoms with van der Waals surface area (Å²) in [5.41, 5.74) is 0. The van der Waals surface area contributed by atoms with Gasteiger partial charge in [-0.15, -0.1) is 0 Å². The van der Waals surface area contributed by atoms with Crippen molar-refractivity contribution in [3.63, 3.8) is 0 Å². The molecule has 14 heteroatoms. The van der Waals surface area contributed by atoms with E-state index in [4.69, 9.17) is 13.3 Å². The van der Waals surface area contributed by atoms with Gasteiger partial charge in [0, 0.05) is 45.5 Å². The van der Waals surface area contributed by atoms with Gasteiger partial charge in [-0.3, -0.25) is 14.4 Å². The first-order valence-electron chi connectivity index (χ1n) is 16.6. The monoisotopic (exact) mass is 648 g/mol. The molecule has 44 heavy (non-hydrogen) atoms. The Hall–Kier alpha value is -1.65. The van der Waals surface area contributed by atoms with E-state index >= 15 is 0 Å². The lowest BCUT2D eigenvalue weighted by molar-refractivity contribution is -0.138. The first-order chi connectivity index (χ1) is 21.1. The number of carboxylic acids is 3. The predicted molar refractivity (Wildman–Crippen MR) is 171 cm³/mol. The highest BCUT2D eigenvalue weighted by Crippen LogP contribution is 2.19. The number of hydrogen-bond acceptors (Lipinski definition) is 10. The molecular formula is C30H60N4O9Si. The predicted octanol–water partition coefficient (Wildman–Crippen LogP) is 2.63. The first-order valence-corrected chi connectivity index (χ1v) is 18.5. The summed E-state index contributed by atoms with van der Waals surface area (Å²) < 4.78 is 18.1. The molecule has 0 bridgehead atoms. The van der Waals surface area contributed by atoms with Gasteiger partial charge in [0.1, 0.15) is 0 Å². The molecule has 1 rings (SSSR count). The Kier molecular flexibility index (Phi) is 22.5. The molecule has 1 heterocycles. The van der Waals surface area contributed by atoms with Gasteiger partial charge in [-0.1, -0.05) is 0 Å². The third-order valence-electron chi connectivity index (χ3n) is 7.77. The Morgan fingerprint density at radius 1 is 0.523 bits per heavy atom. The fourth-order valence-corrected chi connectivity index (χ4v) is 8.29. The summed E-state index contributed by atoms with van der Waals surface area (Å²) >= 11 is 0. The molecule has 0 aromatic carbocycles. The molecule has 1 fully saturated rings. The van der Waals surface area contributed by atoms with Crippen molar-refractivity contribution in [3.05, 3.63) is 0 Å². The highest BCUT2D eigenvalue weighted by atomic mass is 28.4. The number of aliphatic carboxylic acids is 3. The zero-order valence-corrected chi connectivity index (χ0v) is 28.6. The minimum Gasteiger partial charge on any atom is -0.481 e. The average molecular weight is 649 g/mol. The summed E-state index contributed by atoms with van der Waals surface area (Å²) in [6.45, 7) is 16.2. The molecule has 3 N–H and O–H groups in total. The first kappa shape index (κ1) is 40.4. The van der Waals surface area contributed by atoms with Crippen molar-refractivity contribution in [1.82, 2.24) is 19.6 Å². The van der Waals surface area contributed by atoms with Crippen LogP contribution < -0.4 is 0 Å². The van der Waals surface area contributed by atoms with E-state index in [0.29, 0.717) is 39.5 Å². The van der Waals surface area contributed by atoms with E-state index in [9.17, 15) is 29.7 Å². The van der Waals surface area contributed by atoms with Gasteiger partial charge in [-0.2, -0.15) is 0 Å². The molecule has 0 spiro atoms. The zero-order chi connectivity index (χ0) is 32.6. The Morgan fingerprint density at radius 2 is 0.795 bits per heavy atom. The summed E-state index contributed by atoms with van der Waals surface area (Å²) in [5, 5.41) is 27.8. The second kappa shape index (κ2) is 24.6. The molecule has 0 aliphatic carbocycles. The molecule has 0 unspecified atom stereocenters. The summed E-state index contributed by atoms with van der Waals surface area (Å²) in [6.07, 6.45) is 4.59. The van der Waals surface area contributed by atoms with E-state index in [-0.39, 0.29) is 19.3 Å². The molecule has 0 radical (unpaired) electrons. The maximum absolute atomic E-state index is 11.3. The van der Waals surface area contributed by atoms with Crippen molar-refractivity contribution in [2.75, 3.05) is 98.4 Å². The van der Waals surface area contributed by atoms with Gasteiger partial charge < -0.3 is 48.2 Å². The number of carbonyl (C=O) groups is 3. The van der Waals surface area contributed by atoms with Crippen molar-refractivity contribution in [2.45, 2.75) is 78.2 Å². The normalized spacial score (nSPS) is 18.3. The molecule has 1 aliphatic heterocycles. The number of nitrogens with zero attached hydrogens (tertiary/aromatic N) is 4. The molecular weight excluding hydrogens is 588 g/mol. The van der Waals surface area contributed by atoms with Crippen LogP contribution in [0.15, 0.2) is 0 Å². The van der Waals surface area contributed by atoms with Crippen molar-refractivity contribution in [3.8, 4) is 0 Å². The van der Waals surface area contributed by atoms with E-state index in [1.54, 1.807) is 0 Å². The van der Waals surface area contributed by atoms with Gasteiger partial charge >= 0.3 is 26.7 Å².